The van der Waals surface area contributed by atoms with Crippen LogP contribution in [0.1, 0.15) is 40.5 Å². The molecule has 0 saturated heterocycles. The summed E-state index contributed by atoms with van der Waals surface area (Å²) in [5, 5.41) is 14.4. The molecule has 1 rings (SSSR count). The summed E-state index contributed by atoms with van der Waals surface area (Å²) in [7, 11) is 1.24. The molecule has 2 atom stereocenters. The third-order valence-corrected chi connectivity index (χ3v) is 3.45. The Bertz CT molecular complexity index is 502. The number of carbonyl (C=O) groups is 1. The highest BCUT2D eigenvalue weighted by molar-refractivity contribution is 5.67. The van der Waals surface area contributed by atoms with Crippen molar-refractivity contribution in [2.75, 3.05) is 20.3 Å². The van der Waals surface area contributed by atoms with E-state index in [0.29, 0.717) is 30.4 Å². The molecule has 0 saturated carbocycles. The zero-order valence-electron chi connectivity index (χ0n) is 15.5. The molecule has 25 heavy (non-hydrogen) atoms. The van der Waals surface area contributed by atoms with Gasteiger partial charge in [0.15, 0.2) is 0 Å². The number of alkyl carbamates (subject to hydrolysis) is 1. The smallest absolute Gasteiger partial charge is 0.407 e. The van der Waals surface area contributed by atoms with Gasteiger partial charge in [-0.1, -0.05) is 12.2 Å². The number of nitrogens with one attached hydrogen (secondary N) is 1. The number of rotatable bonds is 8. The molecule has 0 fully saturated rings. The highest BCUT2D eigenvalue weighted by Crippen LogP contribution is 2.26. The maximum Gasteiger partial charge on any atom is 0.407 e. The Hall–Kier alpha value is -1.48. The van der Waals surface area contributed by atoms with E-state index < -0.39 is 17.7 Å². The van der Waals surface area contributed by atoms with Crippen molar-refractivity contribution in [2.24, 2.45) is 0 Å². The molecular weight excluding hydrogens is 331 g/mol. The van der Waals surface area contributed by atoms with E-state index in [1.807, 2.05) is 0 Å². The van der Waals surface area contributed by atoms with Crippen LogP contribution in [0.3, 0.4) is 0 Å². The summed E-state index contributed by atoms with van der Waals surface area (Å²) < 4.78 is 24.8. The fourth-order valence-corrected chi connectivity index (χ4v) is 2.23. The Morgan fingerprint density at radius 2 is 2.20 bits per heavy atom. The lowest BCUT2D eigenvalue weighted by Gasteiger charge is -2.34. The van der Waals surface area contributed by atoms with Crippen LogP contribution in [0.25, 0.3) is 0 Å². The summed E-state index contributed by atoms with van der Waals surface area (Å²) >= 11 is 0. The minimum Gasteiger partial charge on any atom is -0.762 e. The third kappa shape index (κ3) is 7.96. The van der Waals surface area contributed by atoms with Crippen molar-refractivity contribution in [2.45, 2.75) is 58.3 Å². The van der Waals surface area contributed by atoms with Gasteiger partial charge in [-0.15, -0.1) is 0 Å². The second kappa shape index (κ2) is 9.86. The molecule has 0 aliphatic heterocycles. The molecule has 0 bridgehead atoms. The van der Waals surface area contributed by atoms with Crippen molar-refractivity contribution >= 4 is 6.09 Å². The Morgan fingerprint density at radius 1 is 1.52 bits per heavy atom. The minimum atomic E-state index is -0.722. The van der Waals surface area contributed by atoms with Gasteiger partial charge in [0.1, 0.15) is 11.4 Å². The van der Waals surface area contributed by atoms with Gasteiger partial charge in [-0.25, -0.2) is 9.18 Å². The SMILES string of the molecule is CON([O-])C(C)C1=C(F)CC(OCCCNC(=O)OC(C)(C)C)C=C1. The molecule has 1 N–H and O–H groups in total. The number of hydroxylamine groups is 2. The predicted molar refractivity (Wildman–Crippen MR) is 92.2 cm³/mol. The quantitative estimate of drug-likeness (QED) is 0.529. The molecule has 1 aliphatic rings. The number of ether oxygens (including phenoxy) is 2. The van der Waals surface area contributed by atoms with Gasteiger partial charge in [-0.05, 0) is 34.1 Å². The van der Waals surface area contributed by atoms with Gasteiger partial charge in [0.2, 0.25) is 0 Å². The van der Waals surface area contributed by atoms with Gasteiger partial charge in [-0.2, -0.15) is 0 Å². The second-order valence-corrected chi connectivity index (χ2v) is 6.76. The lowest BCUT2D eigenvalue weighted by atomic mass is 9.99. The number of nitrogens with zero attached hydrogens (tertiary/aromatic N) is 1. The van der Waals surface area contributed by atoms with E-state index in [0.717, 1.165) is 0 Å². The van der Waals surface area contributed by atoms with Crippen LogP contribution in [0.15, 0.2) is 23.6 Å². The number of carbonyl (C=O) groups excluding carboxylic acids is 1. The van der Waals surface area contributed by atoms with Crippen LogP contribution in [0.4, 0.5) is 9.18 Å². The molecule has 0 heterocycles. The molecule has 144 valence electrons. The van der Waals surface area contributed by atoms with Crippen LogP contribution < -0.4 is 5.32 Å². The van der Waals surface area contributed by atoms with Gasteiger partial charge in [-0.3, -0.25) is 5.23 Å². The summed E-state index contributed by atoms with van der Waals surface area (Å²) in [6.45, 7) is 7.72. The Kier molecular flexibility index (Phi) is 8.51. The van der Waals surface area contributed by atoms with Crippen LogP contribution in [-0.2, 0) is 14.3 Å². The molecule has 0 aromatic carbocycles. The van der Waals surface area contributed by atoms with Gasteiger partial charge in [0, 0.05) is 31.2 Å². The highest BCUT2D eigenvalue weighted by Gasteiger charge is 2.21. The Labute approximate surface area is 148 Å². The lowest BCUT2D eigenvalue weighted by Crippen LogP contribution is -2.33. The number of hydrogen-bond acceptors (Lipinski definition) is 6. The van der Waals surface area contributed by atoms with Gasteiger partial charge >= 0.3 is 6.09 Å². The minimum absolute atomic E-state index is 0.0766. The van der Waals surface area contributed by atoms with Gasteiger partial charge < -0.3 is 24.8 Å². The van der Waals surface area contributed by atoms with E-state index in [-0.39, 0.29) is 18.4 Å². The van der Waals surface area contributed by atoms with Gasteiger partial charge in [0.05, 0.1) is 13.2 Å². The van der Waals surface area contributed by atoms with E-state index in [1.54, 1.807) is 39.8 Å². The first-order valence-corrected chi connectivity index (χ1v) is 8.29. The van der Waals surface area contributed by atoms with Crippen molar-refractivity contribution in [3.8, 4) is 0 Å². The van der Waals surface area contributed by atoms with Crippen LogP contribution >= 0.6 is 0 Å². The molecular formula is C17H28FN2O5-. The van der Waals surface area contributed by atoms with E-state index in [9.17, 15) is 14.4 Å². The van der Waals surface area contributed by atoms with Crippen LogP contribution in [0.5, 0.6) is 0 Å². The van der Waals surface area contributed by atoms with Crippen molar-refractivity contribution in [1.82, 2.24) is 10.5 Å². The average Bonchev–Trinajstić information content (AvgIpc) is 2.51. The number of halogens is 1. The summed E-state index contributed by atoms with van der Waals surface area (Å²) in [6, 6.07) is -0.722. The van der Waals surface area contributed by atoms with Crippen molar-refractivity contribution in [1.29, 1.82) is 0 Å². The largest absolute Gasteiger partial charge is 0.762 e. The van der Waals surface area contributed by atoms with Crippen molar-refractivity contribution in [3.63, 3.8) is 0 Å². The summed E-state index contributed by atoms with van der Waals surface area (Å²) in [5.41, 5.74) is -0.238. The van der Waals surface area contributed by atoms with Crippen LogP contribution in [0.2, 0.25) is 0 Å². The first-order valence-electron chi connectivity index (χ1n) is 8.29. The molecule has 2 unspecified atom stereocenters. The second-order valence-electron chi connectivity index (χ2n) is 6.76. The monoisotopic (exact) mass is 359 g/mol. The molecule has 1 aliphatic carbocycles. The Balaban J connectivity index is 2.28. The first kappa shape index (κ1) is 21.6. The molecule has 0 radical (unpaired) electrons. The fraction of sp³-hybridized carbons (Fsp3) is 0.706. The predicted octanol–water partition coefficient (Wildman–Crippen LogP) is 3.22. The summed E-state index contributed by atoms with van der Waals surface area (Å²) in [6.07, 6.45) is 3.07. The third-order valence-electron chi connectivity index (χ3n) is 3.45. The molecule has 0 aromatic heterocycles. The van der Waals surface area contributed by atoms with E-state index in [2.05, 4.69) is 10.2 Å². The van der Waals surface area contributed by atoms with E-state index in [1.165, 1.54) is 7.11 Å². The molecule has 0 aromatic rings. The van der Waals surface area contributed by atoms with Gasteiger partial charge in [0.25, 0.3) is 0 Å². The first-order chi connectivity index (χ1) is 11.6. The zero-order chi connectivity index (χ0) is 19.0. The maximum absolute atomic E-state index is 14.1. The molecule has 0 spiro atoms. The summed E-state index contributed by atoms with van der Waals surface area (Å²) in [5.74, 6) is -0.384. The number of hydrogen-bond donors (Lipinski definition) is 1. The summed E-state index contributed by atoms with van der Waals surface area (Å²) in [4.78, 5) is 16.0. The van der Waals surface area contributed by atoms with Crippen LogP contribution in [-0.4, -0.2) is 49.3 Å². The maximum atomic E-state index is 14.1. The van der Waals surface area contributed by atoms with E-state index >= 15 is 0 Å². The zero-order valence-corrected chi connectivity index (χ0v) is 15.5. The molecule has 7 nitrogen and oxygen atoms in total. The average molecular weight is 359 g/mol. The van der Waals surface area contributed by atoms with Crippen molar-refractivity contribution < 1.29 is 23.5 Å². The number of amides is 1. The van der Waals surface area contributed by atoms with E-state index in [4.69, 9.17) is 9.47 Å². The lowest BCUT2D eigenvalue weighted by molar-refractivity contribution is -0.106. The topological polar surface area (TPSA) is 83.1 Å². The fourth-order valence-electron chi connectivity index (χ4n) is 2.23. The highest BCUT2D eigenvalue weighted by atomic mass is 19.1. The molecule has 8 heteroatoms. The molecule has 1 amide bonds. The standard InChI is InChI=1S/C17H28FN2O5/c1-12(20(22)23-5)14-8-7-13(11-15(14)18)24-10-6-9-19-16(21)25-17(2,3)4/h7-8,12-13H,6,9-11H2,1-5H3,(H,19,21)/q-1. The van der Waals surface area contributed by atoms with Crippen LogP contribution in [0, 0.1) is 5.21 Å². The van der Waals surface area contributed by atoms with Crippen molar-refractivity contribution in [3.05, 3.63) is 28.8 Å². The Morgan fingerprint density at radius 3 is 2.76 bits per heavy atom. The normalized spacial score (nSPS) is 19.3.